The van der Waals surface area contributed by atoms with Gasteiger partial charge < -0.3 is 69.6 Å². The molecule has 1 fully saturated rings. The molecule has 0 saturated carbocycles. The second kappa shape index (κ2) is 21.5. The number of carbonyl (C=O) groups excluding carboxylic acids is 1. The van der Waals surface area contributed by atoms with Crippen molar-refractivity contribution >= 4 is 5.97 Å². The van der Waals surface area contributed by atoms with Crippen LogP contribution in [0.5, 0.6) is 23.0 Å². The second-order valence-electron chi connectivity index (χ2n) is 13.5. The third kappa shape index (κ3) is 11.5. The normalized spacial score (nSPS) is 24.1. The first-order valence-electron chi connectivity index (χ1n) is 18.5. The first kappa shape index (κ1) is 45.5. The standard InChI is InChI=1S/C25H34O13.C18H18O2/c1-3-13-14(9-19(29)35-7-6-12-4-5-16(27)17(28)8-12)15(23(33)34-2)11-36-24(13)38-25-22(32)21(31)20(30)18(10-26)37-25;1-3-5-13-7-9-18(20)16(11-13)14-8-10-17(19)15(12-14)6-4-2/h3-5,8,11,14,18-22,24-32H,6-7,9-10H2,1-2H3;3-4,7-12,19-20H,1-2,5-6H2/b13-3+;/t14-,18+,19?,20+,21-,22+,24-,25-;/m0./s1. The van der Waals surface area contributed by atoms with E-state index >= 15 is 0 Å². The van der Waals surface area contributed by atoms with Crippen LogP contribution in [0.4, 0.5) is 0 Å². The molecule has 1 unspecified atom stereocenters. The number of hydrogen-bond donors (Lipinski definition) is 9. The number of aromatic hydroxyl groups is 4. The summed E-state index contributed by atoms with van der Waals surface area (Å²) >= 11 is 0. The molecular weight excluding hydrogens is 756 g/mol. The summed E-state index contributed by atoms with van der Waals surface area (Å²) in [6.07, 6.45) is -2.37. The van der Waals surface area contributed by atoms with Crippen molar-refractivity contribution in [2.75, 3.05) is 20.3 Å². The van der Waals surface area contributed by atoms with Gasteiger partial charge in [0, 0.05) is 23.5 Å². The largest absolute Gasteiger partial charge is 0.508 e. The Kier molecular flexibility index (Phi) is 16.9. The molecular formula is C43H52O15. The fraction of sp³-hybridized carbons (Fsp3) is 0.372. The minimum atomic E-state index is -1.67. The fourth-order valence-electron chi connectivity index (χ4n) is 6.45. The Bertz CT molecular complexity index is 1920. The van der Waals surface area contributed by atoms with E-state index in [-0.39, 0.29) is 41.6 Å². The molecule has 314 valence electrons. The van der Waals surface area contributed by atoms with Crippen LogP contribution < -0.4 is 0 Å². The van der Waals surface area contributed by atoms with Crippen LogP contribution in [0.15, 0.2) is 103 Å². The molecule has 2 heterocycles. The summed E-state index contributed by atoms with van der Waals surface area (Å²) in [7, 11) is 1.19. The van der Waals surface area contributed by atoms with Crippen molar-refractivity contribution in [3.05, 3.63) is 120 Å². The van der Waals surface area contributed by atoms with E-state index in [1.54, 1.807) is 43.3 Å². The Morgan fingerprint density at radius 3 is 2.21 bits per heavy atom. The van der Waals surface area contributed by atoms with Crippen LogP contribution in [0.1, 0.15) is 30.0 Å². The highest BCUT2D eigenvalue weighted by Crippen LogP contribution is 2.37. The SMILES string of the molecule is C/C=C1/[C@H](O[C@@H]2O[C@H](CO)[C@@H](O)[C@H](O)[C@H]2O)OC=C(C(=O)OC)[C@H]1CC(O)OCCc1ccc(O)c(O)c1.C=CCc1ccc(O)c(-c2ccc(O)c(CC=C)c2)c1. The van der Waals surface area contributed by atoms with Crippen LogP contribution in [-0.2, 0) is 47.7 Å². The van der Waals surface area contributed by atoms with Crippen molar-refractivity contribution in [1.82, 2.24) is 0 Å². The van der Waals surface area contributed by atoms with Gasteiger partial charge in [0.05, 0.1) is 32.2 Å². The topological polar surface area (TPSA) is 245 Å². The number of methoxy groups -OCH3 is 1. The third-order valence-corrected chi connectivity index (χ3v) is 9.60. The van der Waals surface area contributed by atoms with Crippen molar-refractivity contribution in [2.24, 2.45) is 5.92 Å². The van der Waals surface area contributed by atoms with Gasteiger partial charge in [0.1, 0.15) is 35.9 Å². The van der Waals surface area contributed by atoms with Gasteiger partial charge in [-0.3, -0.25) is 0 Å². The number of hydrogen-bond acceptors (Lipinski definition) is 15. The zero-order valence-electron chi connectivity index (χ0n) is 32.3. The van der Waals surface area contributed by atoms with E-state index in [1.165, 1.54) is 19.2 Å². The zero-order valence-corrected chi connectivity index (χ0v) is 32.3. The van der Waals surface area contributed by atoms with Gasteiger partial charge in [-0.25, -0.2) is 4.79 Å². The smallest absolute Gasteiger partial charge is 0.337 e. The molecule has 1 saturated heterocycles. The molecule has 0 radical (unpaired) electrons. The Morgan fingerprint density at radius 1 is 0.862 bits per heavy atom. The van der Waals surface area contributed by atoms with Gasteiger partial charge in [0.2, 0.25) is 6.29 Å². The predicted molar refractivity (Wildman–Crippen MR) is 210 cm³/mol. The van der Waals surface area contributed by atoms with E-state index in [9.17, 15) is 50.8 Å². The fourth-order valence-corrected chi connectivity index (χ4v) is 6.45. The first-order valence-corrected chi connectivity index (χ1v) is 18.5. The Morgan fingerprint density at radius 2 is 1.55 bits per heavy atom. The molecule has 3 aromatic rings. The molecule has 0 spiro atoms. The van der Waals surface area contributed by atoms with E-state index in [1.807, 2.05) is 24.3 Å². The van der Waals surface area contributed by atoms with Crippen LogP contribution in [0, 0.1) is 5.92 Å². The molecule has 9 N–H and O–H groups in total. The van der Waals surface area contributed by atoms with Gasteiger partial charge in [-0.15, -0.1) is 13.2 Å². The maximum Gasteiger partial charge on any atom is 0.337 e. The van der Waals surface area contributed by atoms with Crippen molar-refractivity contribution in [1.29, 1.82) is 0 Å². The number of phenols is 4. The minimum absolute atomic E-state index is 0.0574. The summed E-state index contributed by atoms with van der Waals surface area (Å²) in [5, 5.41) is 89.3. The zero-order chi connectivity index (χ0) is 42.5. The molecule has 15 nitrogen and oxygen atoms in total. The quantitative estimate of drug-likeness (QED) is 0.0463. The number of rotatable bonds is 15. The van der Waals surface area contributed by atoms with Crippen LogP contribution in [-0.4, -0.2) is 116 Å². The maximum atomic E-state index is 12.4. The molecule has 3 aromatic carbocycles. The highest BCUT2D eigenvalue weighted by atomic mass is 16.8. The lowest BCUT2D eigenvalue weighted by molar-refractivity contribution is -0.328. The monoisotopic (exact) mass is 808 g/mol. The van der Waals surface area contributed by atoms with Crippen LogP contribution in [0.25, 0.3) is 11.1 Å². The summed E-state index contributed by atoms with van der Waals surface area (Å²) in [5.74, 6) is -1.57. The molecule has 2 aliphatic rings. The maximum absolute atomic E-state index is 12.4. The lowest BCUT2D eigenvalue weighted by Crippen LogP contribution is -2.60. The van der Waals surface area contributed by atoms with Gasteiger partial charge in [0.25, 0.3) is 0 Å². The van der Waals surface area contributed by atoms with E-state index in [0.717, 1.165) is 34.9 Å². The Labute approximate surface area is 336 Å². The Hall–Kier alpha value is -5.23. The average Bonchev–Trinajstić information content (AvgIpc) is 3.21. The van der Waals surface area contributed by atoms with Crippen molar-refractivity contribution in [3.8, 4) is 34.1 Å². The Balaban J connectivity index is 0.000000311. The molecule has 15 heteroatoms. The van der Waals surface area contributed by atoms with Crippen LogP contribution in [0.3, 0.4) is 0 Å². The first-order chi connectivity index (χ1) is 27.8. The number of esters is 1. The van der Waals surface area contributed by atoms with Gasteiger partial charge in [0.15, 0.2) is 24.1 Å². The van der Waals surface area contributed by atoms with E-state index < -0.39 is 61.8 Å². The summed E-state index contributed by atoms with van der Waals surface area (Å²) in [4.78, 5) is 12.4. The second-order valence-corrected chi connectivity index (χ2v) is 13.5. The molecule has 8 atom stereocenters. The van der Waals surface area contributed by atoms with E-state index in [0.29, 0.717) is 24.0 Å². The van der Waals surface area contributed by atoms with Gasteiger partial charge in [-0.05, 0) is 84.8 Å². The molecule has 2 aliphatic heterocycles. The number of aliphatic hydroxyl groups is 5. The molecule has 58 heavy (non-hydrogen) atoms. The van der Waals surface area contributed by atoms with Crippen molar-refractivity contribution in [2.45, 2.75) is 75.9 Å². The number of carbonyl (C=O) groups is 1. The summed E-state index contributed by atoms with van der Waals surface area (Å²) in [6, 6.07) is 15.2. The van der Waals surface area contributed by atoms with E-state index in [2.05, 4.69) is 13.2 Å². The number of aliphatic hydroxyl groups excluding tert-OH is 5. The highest BCUT2D eigenvalue weighted by molar-refractivity contribution is 5.89. The molecule has 0 amide bonds. The highest BCUT2D eigenvalue weighted by Gasteiger charge is 2.46. The van der Waals surface area contributed by atoms with Crippen LogP contribution in [0.2, 0.25) is 0 Å². The van der Waals surface area contributed by atoms with Gasteiger partial charge >= 0.3 is 5.97 Å². The van der Waals surface area contributed by atoms with Gasteiger partial charge in [-0.2, -0.15) is 0 Å². The molecule has 5 rings (SSSR count). The number of phenolic OH excluding ortho intramolecular Hbond substituents is 4. The van der Waals surface area contributed by atoms with Crippen molar-refractivity contribution in [3.63, 3.8) is 0 Å². The number of allylic oxidation sites excluding steroid dienone is 3. The predicted octanol–water partition coefficient (Wildman–Crippen LogP) is 3.38. The van der Waals surface area contributed by atoms with Gasteiger partial charge in [-0.1, -0.05) is 36.4 Å². The van der Waals surface area contributed by atoms with Crippen molar-refractivity contribution < 1.29 is 74.4 Å². The average molecular weight is 809 g/mol. The summed E-state index contributed by atoms with van der Waals surface area (Å²) in [6.45, 7) is 8.46. The number of benzene rings is 3. The lowest BCUT2D eigenvalue weighted by Gasteiger charge is -2.42. The van der Waals surface area contributed by atoms with Crippen LogP contribution >= 0.6 is 0 Å². The lowest BCUT2D eigenvalue weighted by atomic mass is 9.86. The molecule has 0 aliphatic carbocycles. The third-order valence-electron chi connectivity index (χ3n) is 9.60. The van der Waals surface area contributed by atoms with E-state index in [4.69, 9.17) is 23.7 Å². The molecule has 0 aromatic heterocycles. The summed E-state index contributed by atoms with van der Waals surface area (Å²) in [5.41, 5.74) is 4.61. The summed E-state index contributed by atoms with van der Waals surface area (Å²) < 4.78 is 27.0. The minimum Gasteiger partial charge on any atom is -0.508 e. The number of ether oxygens (including phenoxy) is 5. The molecule has 0 bridgehead atoms.